The van der Waals surface area contributed by atoms with Crippen molar-refractivity contribution in [1.82, 2.24) is 0 Å². The summed E-state index contributed by atoms with van der Waals surface area (Å²) < 4.78 is 87.9. The van der Waals surface area contributed by atoms with E-state index in [1.807, 2.05) is 0 Å². The number of nitrogens with zero attached hydrogens (tertiary/aromatic N) is 1. The number of hydrogen-bond donors (Lipinski definition) is 0. The van der Waals surface area contributed by atoms with Crippen LogP contribution in [0.25, 0.3) is 0 Å². The van der Waals surface area contributed by atoms with Gasteiger partial charge in [-0.1, -0.05) is 17.3 Å². The highest BCUT2D eigenvalue weighted by Gasteiger charge is 2.39. The number of oxime groups is 1. The van der Waals surface area contributed by atoms with Crippen molar-refractivity contribution in [3.8, 4) is 0 Å². The van der Waals surface area contributed by atoms with E-state index in [4.69, 9.17) is 0 Å². The Balaban J connectivity index is 3.11. The minimum atomic E-state index is -4.95. The Hall–Kier alpha value is -2.72. The number of carbonyl (C=O) groups excluding carboxylic acids is 1. The quantitative estimate of drug-likeness (QED) is 0.155. The zero-order chi connectivity index (χ0) is 21.4. The minimum Gasteiger partial charge on any atom is -0.503 e. The molecule has 28 heavy (non-hydrogen) atoms. The maximum Gasteiger partial charge on any atom is 0.418 e. The molecule has 0 saturated carbocycles. The third-order valence-corrected chi connectivity index (χ3v) is 3.29. The zero-order valence-electron chi connectivity index (χ0n) is 14.9. The van der Waals surface area contributed by atoms with E-state index >= 15 is 0 Å². The third-order valence-electron chi connectivity index (χ3n) is 3.29. The second-order valence-corrected chi connectivity index (χ2v) is 5.24. The molecule has 0 radical (unpaired) electrons. The van der Waals surface area contributed by atoms with Crippen molar-refractivity contribution in [3.63, 3.8) is 0 Å². The molecule has 0 amide bonds. The molecule has 1 aliphatic heterocycles. The van der Waals surface area contributed by atoms with Gasteiger partial charge in [0.2, 0.25) is 0 Å². The van der Waals surface area contributed by atoms with Crippen LogP contribution in [0.1, 0.15) is 12.8 Å². The van der Waals surface area contributed by atoms with Gasteiger partial charge >= 0.3 is 18.3 Å². The van der Waals surface area contributed by atoms with Gasteiger partial charge in [0.25, 0.3) is 0 Å². The molecule has 0 fully saturated rings. The maximum atomic E-state index is 13.2. The second-order valence-electron chi connectivity index (χ2n) is 5.24. The van der Waals surface area contributed by atoms with Crippen molar-refractivity contribution in [1.29, 1.82) is 0 Å². The first kappa shape index (κ1) is 23.3. The molecule has 0 aromatic heterocycles. The highest BCUT2D eigenvalue weighted by Crippen LogP contribution is 2.33. The average molecular weight is 413 g/mol. The van der Waals surface area contributed by atoms with Gasteiger partial charge in [-0.2, -0.15) is 26.3 Å². The molecule has 0 aromatic rings. The summed E-state index contributed by atoms with van der Waals surface area (Å²) in [7, 11) is 1.93. The van der Waals surface area contributed by atoms with Crippen LogP contribution in [0.3, 0.4) is 0 Å². The lowest BCUT2D eigenvalue weighted by Crippen LogP contribution is -2.21. The fourth-order valence-corrected chi connectivity index (χ4v) is 2.13. The predicted molar refractivity (Wildman–Crippen MR) is 87.1 cm³/mol. The number of methoxy groups -OCH3 is 2. The monoisotopic (exact) mass is 413 g/mol. The summed E-state index contributed by atoms with van der Waals surface area (Å²) in [6, 6.07) is 0. The number of hydrogen-bond acceptors (Lipinski definition) is 5. The van der Waals surface area contributed by atoms with E-state index < -0.39 is 53.6 Å². The van der Waals surface area contributed by atoms with E-state index in [-0.39, 0.29) is 6.61 Å². The lowest BCUT2D eigenvalue weighted by molar-refractivity contribution is -0.138. The fraction of sp³-hybridized carbons (Fsp3) is 0.412. The molecule has 0 bridgehead atoms. The van der Waals surface area contributed by atoms with Crippen LogP contribution in [0.5, 0.6) is 0 Å². The third kappa shape index (κ3) is 6.78. The first-order valence-electron chi connectivity index (χ1n) is 7.75. The molecule has 1 aliphatic rings. The van der Waals surface area contributed by atoms with E-state index in [9.17, 15) is 31.1 Å². The molecule has 11 heteroatoms. The van der Waals surface area contributed by atoms with Crippen LogP contribution in [-0.2, 0) is 19.1 Å². The van der Waals surface area contributed by atoms with Gasteiger partial charge in [-0.25, -0.2) is 4.79 Å². The first-order chi connectivity index (χ1) is 13.0. The van der Waals surface area contributed by atoms with E-state index in [0.29, 0.717) is 18.4 Å². The molecule has 1 rings (SSSR count). The summed E-state index contributed by atoms with van der Waals surface area (Å²) in [4.78, 5) is 16.1. The van der Waals surface area contributed by atoms with Crippen LogP contribution in [0, 0.1) is 0 Å². The average Bonchev–Trinajstić information content (AvgIpc) is 2.61. The number of carbonyl (C=O) groups is 1. The lowest BCUT2D eigenvalue weighted by atomic mass is 10.0. The normalized spacial score (nSPS) is 16.4. The Bertz CT molecular complexity index is 714. The van der Waals surface area contributed by atoms with Gasteiger partial charge in [-0.15, -0.1) is 0 Å². The van der Waals surface area contributed by atoms with Gasteiger partial charge in [-0.3, -0.25) is 0 Å². The Morgan fingerprint density at radius 3 is 2.25 bits per heavy atom. The highest BCUT2D eigenvalue weighted by molar-refractivity contribution is 6.09. The molecule has 0 atom stereocenters. The van der Waals surface area contributed by atoms with Crippen molar-refractivity contribution in [2.45, 2.75) is 25.2 Å². The van der Waals surface area contributed by atoms with Crippen LogP contribution in [0.4, 0.5) is 26.3 Å². The van der Waals surface area contributed by atoms with Crippen LogP contribution < -0.4 is 0 Å². The van der Waals surface area contributed by atoms with Crippen molar-refractivity contribution >= 4 is 11.7 Å². The molecular formula is C17H17F6NO4. The lowest BCUT2D eigenvalue weighted by Gasteiger charge is -2.15. The van der Waals surface area contributed by atoms with Crippen molar-refractivity contribution < 1.29 is 45.4 Å². The Labute approximate surface area is 156 Å². The molecule has 0 saturated heterocycles. The van der Waals surface area contributed by atoms with E-state index in [2.05, 4.69) is 19.5 Å². The van der Waals surface area contributed by atoms with E-state index in [1.165, 1.54) is 6.08 Å². The molecule has 0 unspecified atom stereocenters. The Morgan fingerprint density at radius 2 is 1.79 bits per heavy atom. The van der Waals surface area contributed by atoms with Crippen LogP contribution in [0.15, 0.2) is 52.4 Å². The first-order valence-corrected chi connectivity index (χ1v) is 7.75. The van der Waals surface area contributed by atoms with Gasteiger partial charge in [-0.05, 0) is 25.0 Å². The number of unbranched alkanes of at least 4 members (excludes halogenated alkanes) is 1. The Kier molecular flexibility index (Phi) is 8.33. The molecule has 0 aromatic carbocycles. The SMILES string of the molecule is CO/C=C(C(=O)OC)\C(=C/CC/C=C(\C1=NOCC=C1)C(F)(F)F)C(F)(F)F. The molecule has 5 nitrogen and oxygen atoms in total. The van der Waals surface area contributed by atoms with Gasteiger partial charge < -0.3 is 14.3 Å². The topological polar surface area (TPSA) is 57.1 Å². The van der Waals surface area contributed by atoms with Gasteiger partial charge in [0.1, 0.15) is 17.9 Å². The second kappa shape index (κ2) is 10.00. The van der Waals surface area contributed by atoms with Crippen molar-refractivity contribution in [2.75, 3.05) is 20.8 Å². The predicted octanol–water partition coefficient (Wildman–Crippen LogP) is 4.39. The van der Waals surface area contributed by atoms with Crippen LogP contribution in [0.2, 0.25) is 0 Å². The van der Waals surface area contributed by atoms with Crippen LogP contribution >= 0.6 is 0 Å². The summed E-state index contributed by atoms with van der Waals surface area (Å²) in [5.74, 6) is -1.30. The van der Waals surface area contributed by atoms with Crippen molar-refractivity contribution in [2.24, 2.45) is 5.16 Å². The maximum absolute atomic E-state index is 13.2. The van der Waals surface area contributed by atoms with Crippen LogP contribution in [-0.4, -0.2) is 44.9 Å². The summed E-state index contributed by atoms with van der Waals surface area (Å²) in [6.07, 6.45) is -6.26. The van der Waals surface area contributed by atoms with Gasteiger partial charge in [0, 0.05) is 0 Å². The van der Waals surface area contributed by atoms with Gasteiger partial charge in [0.05, 0.1) is 31.6 Å². The number of alkyl halides is 6. The minimum absolute atomic E-state index is 0.0223. The molecule has 156 valence electrons. The Morgan fingerprint density at radius 1 is 1.14 bits per heavy atom. The smallest absolute Gasteiger partial charge is 0.418 e. The van der Waals surface area contributed by atoms with E-state index in [0.717, 1.165) is 20.3 Å². The zero-order valence-corrected chi connectivity index (χ0v) is 14.9. The highest BCUT2D eigenvalue weighted by atomic mass is 19.4. The van der Waals surface area contributed by atoms with E-state index in [1.54, 1.807) is 0 Å². The molecule has 1 heterocycles. The summed E-state index contributed by atoms with van der Waals surface area (Å²) in [5, 5.41) is 3.30. The number of rotatable bonds is 7. The van der Waals surface area contributed by atoms with Gasteiger partial charge in [0.15, 0.2) is 0 Å². The molecule has 0 N–H and O–H groups in total. The number of allylic oxidation sites excluding steroid dienone is 4. The largest absolute Gasteiger partial charge is 0.503 e. The standard InChI is InChI=1S/C17H17F6NO4/c1-26-10-11(15(25)27-2)12(16(18,19)20)6-3-4-7-13(17(21,22)23)14-8-5-9-28-24-14/h5-8,10H,3-4,9H2,1-2H3/b11-10+,12-6+,13-7+. The summed E-state index contributed by atoms with van der Waals surface area (Å²) in [5.41, 5.74) is -3.88. The summed E-state index contributed by atoms with van der Waals surface area (Å²) in [6.45, 7) is 0.0223. The molecule has 0 spiro atoms. The molecule has 0 aliphatic carbocycles. The number of halogens is 6. The number of esters is 1. The summed E-state index contributed by atoms with van der Waals surface area (Å²) >= 11 is 0. The fourth-order valence-electron chi connectivity index (χ4n) is 2.13. The number of ether oxygens (including phenoxy) is 2. The molecular weight excluding hydrogens is 396 g/mol. The van der Waals surface area contributed by atoms with Crippen molar-refractivity contribution in [3.05, 3.63) is 47.3 Å².